The molecule has 0 saturated heterocycles. The number of ether oxygens (including phenoxy) is 1. The Morgan fingerprint density at radius 2 is 1.74 bits per heavy atom. The second-order valence-corrected chi connectivity index (χ2v) is 8.38. The molecule has 0 aliphatic rings. The normalized spacial score (nSPS) is 12.2. The molecule has 2 aromatic carbocycles. The summed E-state index contributed by atoms with van der Waals surface area (Å²) in [5, 5.41) is 8.11. The molecule has 3 N–H and O–H groups in total. The van der Waals surface area contributed by atoms with Crippen molar-refractivity contribution < 1.29 is 19.1 Å². The molecule has 2 atom stereocenters. The van der Waals surface area contributed by atoms with Gasteiger partial charge in [0.25, 0.3) is 5.91 Å². The highest BCUT2D eigenvalue weighted by Crippen LogP contribution is 2.28. The predicted molar refractivity (Wildman–Crippen MR) is 132 cm³/mol. The van der Waals surface area contributed by atoms with Crippen LogP contribution in [0.15, 0.2) is 77.4 Å². The van der Waals surface area contributed by atoms with Crippen LogP contribution in [0.1, 0.15) is 41.4 Å². The number of nitrogens with zero attached hydrogens (tertiary/aromatic N) is 1. The fourth-order valence-corrected chi connectivity index (χ4v) is 3.56. The third-order valence-corrected chi connectivity index (χ3v) is 5.60. The van der Waals surface area contributed by atoms with Crippen molar-refractivity contribution in [2.75, 3.05) is 5.32 Å². The molecule has 2 unspecified atom stereocenters. The first-order valence-electron chi connectivity index (χ1n) is 10.6. The Kier molecular flexibility index (Phi) is 8.75. The lowest BCUT2D eigenvalue weighted by Gasteiger charge is -2.19. The summed E-state index contributed by atoms with van der Waals surface area (Å²) < 4.78 is 5.84. The highest BCUT2D eigenvalue weighted by molar-refractivity contribution is 9.10. The van der Waals surface area contributed by atoms with Crippen molar-refractivity contribution in [2.24, 2.45) is 0 Å². The van der Waals surface area contributed by atoms with E-state index in [2.05, 4.69) is 36.9 Å². The lowest BCUT2D eigenvalue weighted by atomic mass is 10.00. The van der Waals surface area contributed by atoms with Crippen molar-refractivity contribution in [3.8, 4) is 0 Å². The first-order chi connectivity index (χ1) is 16.3. The maximum absolute atomic E-state index is 12.7. The summed E-state index contributed by atoms with van der Waals surface area (Å²) in [6, 6.07) is 19.7. The summed E-state index contributed by atoms with van der Waals surface area (Å²) in [5.41, 5.74) is 2.52. The molecule has 1 heterocycles. The minimum Gasteiger partial charge on any atom is -0.426 e. The van der Waals surface area contributed by atoms with E-state index < -0.39 is 18.2 Å². The molecule has 0 bridgehead atoms. The number of benzene rings is 2. The summed E-state index contributed by atoms with van der Waals surface area (Å²) in [6.07, 6.45) is 0.108. The molecule has 3 aromatic rings. The third-order valence-electron chi connectivity index (χ3n) is 4.94. The van der Waals surface area contributed by atoms with Crippen molar-refractivity contribution in [1.29, 1.82) is 0 Å². The molecule has 0 aliphatic heterocycles. The number of alkyl carbamates (subject to hydrolysis) is 1. The van der Waals surface area contributed by atoms with Crippen molar-refractivity contribution in [2.45, 2.75) is 32.5 Å². The zero-order valence-electron chi connectivity index (χ0n) is 18.7. The molecule has 34 heavy (non-hydrogen) atoms. The Bertz CT molecular complexity index is 1140. The summed E-state index contributed by atoms with van der Waals surface area (Å²) in [7, 11) is 0. The summed E-state index contributed by atoms with van der Waals surface area (Å²) in [4.78, 5) is 41.0. The van der Waals surface area contributed by atoms with Crippen LogP contribution >= 0.6 is 15.9 Å². The van der Waals surface area contributed by atoms with Gasteiger partial charge in [-0.1, -0.05) is 42.5 Å². The SMILES string of the molecule is CC(NC(=O)C(C)c1ccc(NC(=O)c2ccccn2)c(Br)c1)OC(=O)NCc1ccccc1. The highest BCUT2D eigenvalue weighted by Gasteiger charge is 2.20. The molecule has 0 spiro atoms. The molecule has 3 amide bonds. The van der Waals surface area contributed by atoms with Gasteiger partial charge in [0, 0.05) is 17.2 Å². The number of hydrogen-bond donors (Lipinski definition) is 3. The minimum absolute atomic E-state index is 0.299. The van der Waals surface area contributed by atoms with Crippen molar-refractivity contribution in [1.82, 2.24) is 15.6 Å². The molecular weight excluding hydrogens is 500 g/mol. The Hall–Kier alpha value is -3.72. The number of aromatic nitrogens is 1. The maximum atomic E-state index is 12.7. The molecule has 0 fully saturated rings. The van der Waals surface area contributed by atoms with Crippen molar-refractivity contribution >= 4 is 39.5 Å². The lowest BCUT2D eigenvalue weighted by Crippen LogP contribution is -2.40. The molecule has 8 nitrogen and oxygen atoms in total. The van der Waals surface area contributed by atoms with Crippen LogP contribution in [0.3, 0.4) is 0 Å². The lowest BCUT2D eigenvalue weighted by molar-refractivity contribution is -0.124. The van der Waals surface area contributed by atoms with Crippen molar-refractivity contribution in [3.05, 3.63) is 94.2 Å². The average Bonchev–Trinajstić information content (AvgIpc) is 2.84. The van der Waals surface area contributed by atoms with E-state index in [1.165, 1.54) is 0 Å². The monoisotopic (exact) mass is 524 g/mol. The minimum atomic E-state index is -0.814. The Balaban J connectivity index is 1.51. The molecule has 0 radical (unpaired) electrons. The van der Waals surface area contributed by atoms with Crippen LogP contribution in [0.5, 0.6) is 0 Å². The molecular formula is C25H25BrN4O4. The second kappa shape index (κ2) is 11.9. The van der Waals surface area contributed by atoms with Gasteiger partial charge in [0.1, 0.15) is 5.69 Å². The molecule has 0 saturated carbocycles. The number of nitrogens with one attached hydrogen (secondary N) is 3. The van der Waals surface area contributed by atoms with Gasteiger partial charge in [-0.2, -0.15) is 0 Å². The Morgan fingerprint density at radius 1 is 1.00 bits per heavy atom. The first kappa shape index (κ1) is 24.9. The Morgan fingerprint density at radius 3 is 2.41 bits per heavy atom. The van der Waals surface area contributed by atoms with Gasteiger partial charge in [0.15, 0.2) is 6.23 Å². The van der Waals surface area contributed by atoms with Crippen molar-refractivity contribution in [3.63, 3.8) is 0 Å². The smallest absolute Gasteiger partial charge is 0.409 e. The van der Waals surface area contributed by atoms with E-state index in [-0.39, 0.29) is 11.8 Å². The number of carbonyl (C=O) groups is 3. The molecule has 0 aliphatic carbocycles. The van der Waals surface area contributed by atoms with E-state index in [1.807, 2.05) is 30.3 Å². The number of carbonyl (C=O) groups excluding carboxylic acids is 3. The number of halogens is 1. The zero-order chi connectivity index (χ0) is 24.5. The number of rotatable bonds is 8. The van der Waals surface area contributed by atoms with Crippen LogP contribution in [-0.2, 0) is 16.1 Å². The van der Waals surface area contributed by atoms with Gasteiger partial charge < -0.3 is 20.7 Å². The Labute approximate surface area is 206 Å². The van der Waals surface area contributed by atoms with Crippen LogP contribution < -0.4 is 16.0 Å². The van der Waals surface area contributed by atoms with Gasteiger partial charge in [-0.15, -0.1) is 0 Å². The zero-order valence-corrected chi connectivity index (χ0v) is 20.3. The van der Waals surface area contributed by atoms with Crippen LogP contribution in [0.4, 0.5) is 10.5 Å². The largest absolute Gasteiger partial charge is 0.426 e. The van der Waals surface area contributed by atoms with Crippen LogP contribution in [0.25, 0.3) is 0 Å². The van der Waals surface area contributed by atoms with Gasteiger partial charge in [-0.3, -0.25) is 14.6 Å². The number of amides is 3. The van der Waals surface area contributed by atoms with E-state index in [9.17, 15) is 14.4 Å². The third kappa shape index (κ3) is 7.14. The van der Waals surface area contributed by atoms with Crippen LogP contribution in [0, 0.1) is 0 Å². The van der Waals surface area contributed by atoms with Gasteiger partial charge in [0.05, 0.1) is 11.6 Å². The molecule has 1 aromatic heterocycles. The topological polar surface area (TPSA) is 109 Å². The van der Waals surface area contributed by atoms with Crippen LogP contribution in [-0.4, -0.2) is 29.1 Å². The highest BCUT2D eigenvalue weighted by atomic mass is 79.9. The standard InChI is InChI=1S/C25H25BrN4O4/c1-16(23(31)29-17(2)34-25(33)28-15-18-8-4-3-5-9-18)19-11-12-21(20(26)14-19)30-24(32)22-10-6-7-13-27-22/h3-14,16-17H,15H2,1-2H3,(H,28,33)(H,29,31)(H,30,32). The predicted octanol–water partition coefficient (Wildman–Crippen LogP) is 4.59. The number of hydrogen-bond acceptors (Lipinski definition) is 5. The average molecular weight is 525 g/mol. The first-order valence-corrected chi connectivity index (χ1v) is 11.4. The fourth-order valence-electron chi connectivity index (χ4n) is 3.06. The summed E-state index contributed by atoms with van der Waals surface area (Å²) in [5.74, 6) is -1.16. The van der Waals surface area contributed by atoms with Gasteiger partial charge in [-0.25, -0.2) is 4.79 Å². The van der Waals surface area contributed by atoms with Gasteiger partial charge >= 0.3 is 6.09 Å². The number of anilines is 1. The fraction of sp³-hybridized carbons (Fsp3) is 0.200. The summed E-state index contributed by atoms with van der Waals surface area (Å²) >= 11 is 3.44. The van der Waals surface area contributed by atoms with Gasteiger partial charge in [0.2, 0.25) is 5.91 Å². The number of pyridine rings is 1. The van der Waals surface area contributed by atoms with E-state index in [0.717, 1.165) is 11.1 Å². The van der Waals surface area contributed by atoms with Gasteiger partial charge in [-0.05, 0) is 65.2 Å². The maximum Gasteiger partial charge on any atom is 0.409 e. The van der Waals surface area contributed by atoms with E-state index in [1.54, 1.807) is 56.4 Å². The van der Waals surface area contributed by atoms with E-state index in [0.29, 0.717) is 22.4 Å². The molecule has 176 valence electrons. The summed E-state index contributed by atoms with van der Waals surface area (Å²) in [6.45, 7) is 3.65. The molecule has 9 heteroatoms. The second-order valence-electron chi connectivity index (χ2n) is 7.53. The van der Waals surface area contributed by atoms with E-state index >= 15 is 0 Å². The quantitative estimate of drug-likeness (QED) is 0.373. The van der Waals surface area contributed by atoms with Crippen LogP contribution in [0.2, 0.25) is 0 Å². The molecule has 3 rings (SSSR count). The van der Waals surface area contributed by atoms with E-state index in [4.69, 9.17) is 4.74 Å².